The summed E-state index contributed by atoms with van der Waals surface area (Å²) < 4.78 is 28.1. The Labute approximate surface area is 140 Å². The van der Waals surface area contributed by atoms with Gasteiger partial charge in [-0.25, -0.2) is 13.8 Å². The third kappa shape index (κ3) is 2.35. The molecule has 0 fully saturated rings. The molecule has 7 heteroatoms. The monoisotopic (exact) mass is 347 g/mol. The highest BCUT2D eigenvalue weighted by Gasteiger charge is 2.21. The molecule has 1 N–H and O–H groups in total. The van der Waals surface area contributed by atoms with E-state index in [-0.39, 0.29) is 5.56 Å². The molecule has 0 saturated carbocycles. The van der Waals surface area contributed by atoms with Gasteiger partial charge in [0, 0.05) is 11.4 Å². The average molecular weight is 347 g/mol. The van der Waals surface area contributed by atoms with Crippen LogP contribution in [-0.4, -0.2) is 16.1 Å². The molecule has 24 heavy (non-hydrogen) atoms. The second kappa shape index (κ2) is 5.75. The second-order valence-corrected chi connectivity index (χ2v) is 7.00. The summed E-state index contributed by atoms with van der Waals surface area (Å²) in [5, 5.41) is 3.95. The van der Waals surface area contributed by atoms with E-state index in [0.717, 1.165) is 46.9 Å². The molecular formula is C17H15F2N3OS. The second-order valence-electron chi connectivity index (χ2n) is 5.92. The molecule has 2 aromatic heterocycles. The number of halogens is 2. The largest absolute Gasteiger partial charge is 0.312 e. The fourth-order valence-electron chi connectivity index (χ4n) is 3.14. The van der Waals surface area contributed by atoms with E-state index in [2.05, 4.69) is 10.3 Å². The van der Waals surface area contributed by atoms with Gasteiger partial charge < -0.3 is 5.32 Å². The highest BCUT2D eigenvalue weighted by atomic mass is 32.1. The highest BCUT2D eigenvalue weighted by molar-refractivity contribution is 7.18. The lowest BCUT2D eigenvalue weighted by Gasteiger charge is -2.16. The first kappa shape index (κ1) is 15.4. The first-order chi connectivity index (χ1) is 11.6. The minimum atomic E-state index is -0.916. The number of benzene rings is 1. The quantitative estimate of drug-likeness (QED) is 0.775. The Balaban J connectivity index is 1.86. The zero-order valence-corrected chi connectivity index (χ0v) is 13.8. The standard InChI is InChI=1S/C17H15F2N3OS/c1-9(10-2-3-12(18)13(19)6-10)22-8-21-16-15(17(22)23)11-4-5-20-7-14(11)24-16/h2-3,6,8-9,20H,4-5,7H2,1H3. The van der Waals surface area contributed by atoms with E-state index in [1.807, 2.05) is 0 Å². The number of hydrogen-bond donors (Lipinski definition) is 1. The summed E-state index contributed by atoms with van der Waals surface area (Å²) in [5.41, 5.74) is 1.47. The third-order valence-corrected chi connectivity index (χ3v) is 5.64. The number of nitrogens with one attached hydrogen (secondary N) is 1. The van der Waals surface area contributed by atoms with Gasteiger partial charge in [-0.15, -0.1) is 11.3 Å². The molecule has 3 heterocycles. The zero-order chi connectivity index (χ0) is 16.8. The number of nitrogens with zero attached hydrogens (tertiary/aromatic N) is 2. The van der Waals surface area contributed by atoms with Crippen molar-refractivity contribution in [3.8, 4) is 0 Å². The van der Waals surface area contributed by atoms with Crippen LogP contribution < -0.4 is 10.9 Å². The molecule has 124 valence electrons. The Morgan fingerprint density at radius 1 is 1.33 bits per heavy atom. The van der Waals surface area contributed by atoms with Crippen molar-refractivity contribution >= 4 is 21.6 Å². The van der Waals surface area contributed by atoms with E-state index in [1.165, 1.54) is 28.3 Å². The maximum absolute atomic E-state index is 13.5. The van der Waals surface area contributed by atoms with E-state index >= 15 is 0 Å². The third-order valence-electron chi connectivity index (χ3n) is 4.50. The maximum atomic E-state index is 13.5. The molecule has 4 nitrogen and oxygen atoms in total. The lowest BCUT2D eigenvalue weighted by molar-refractivity contribution is 0.502. The van der Waals surface area contributed by atoms with Crippen molar-refractivity contribution in [3.05, 3.63) is 62.5 Å². The molecule has 0 bridgehead atoms. The van der Waals surface area contributed by atoms with Crippen molar-refractivity contribution in [1.29, 1.82) is 0 Å². The molecule has 0 amide bonds. The molecule has 3 aromatic rings. The Hall–Kier alpha value is -2.12. The van der Waals surface area contributed by atoms with Crippen molar-refractivity contribution < 1.29 is 8.78 Å². The normalized spacial score (nSPS) is 15.5. The summed E-state index contributed by atoms with van der Waals surface area (Å²) >= 11 is 1.54. The molecule has 1 aromatic carbocycles. The molecule has 0 aliphatic carbocycles. The van der Waals surface area contributed by atoms with Crippen LogP contribution >= 0.6 is 11.3 Å². The summed E-state index contributed by atoms with van der Waals surface area (Å²) in [6.07, 6.45) is 2.29. The van der Waals surface area contributed by atoms with E-state index in [4.69, 9.17) is 0 Å². The van der Waals surface area contributed by atoms with Gasteiger partial charge in [0.25, 0.3) is 5.56 Å². The topological polar surface area (TPSA) is 46.9 Å². The molecular weight excluding hydrogens is 332 g/mol. The zero-order valence-electron chi connectivity index (χ0n) is 13.0. The molecule has 1 unspecified atom stereocenters. The van der Waals surface area contributed by atoms with E-state index < -0.39 is 17.7 Å². The lowest BCUT2D eigenvalue weighted by atomic mass is 10.1. The number of aromatic nitrogens is 2. The lowest BCUT2D eigenvalue weighted by Crippen LogP contribution is -2.26. The van der Waals surface area contributed by atoms with Crippen molar-refractivity contribution in [1.82, 2.24) is 14.9 Å². The van der Waals surface area contributed by atoms with Crippen LogP contribution in [0.2, 0.25) is 0 Å². The number of thiophene rings is 1. The molecule has 4 rings (SSSR count). The van der Waals surface area contributed by atoms with Gasteiger partial charge >= 0.3 is 0 Å². The fraction of sp³-hybridized carbons (Fsp3) is 0.294. The Bertz CT molecular complexity index is 995. The Kier molecular flexibility index (Phi) is 3.69. The SMILES string of the molecule is CC(c1ccc(F)c(F)c1)n1cnc2sc3c(c2c1=O)CCNC3. The number of fused-ring (bicyclic) bond motifs is 3. The average Bonchev–Trinajstić information content (AvgIpc) is 2.96. The van der Waals surface area contributed by atoms with Crippen LogP contribution in [0.3, 0.4) is 0 Å². The molecule has 1 aliphatic heterocycles. The van der Waals surface area contributed by atoms with Gasteiger partial charge in [0.05, 0.1) is 17.8 Å². The number of rotatable bonds is 2. The van der Waals surface area contributed by atoms with Crippen LogP contribution in [0, 0.1) is 11.6 Å². The van der Waals surface area contributed by atoms with Crippen LogP contribution in [0.15, 0.2) is 29.3 Å². The molecule has 1 aliphatic rings. The molecule has 0 spiro atoms. The summed E-state index contributed by atoms with van der Waals surface area (Å²) in [5.74, 6) is -1.81. The molecule has 0 radical (unpaired) electrons. The molecule has 1 atom stereocenters. The number of hydrogen-bond acceptors (Lipinski definition) is 4. The van der Waals surface area contributed by atoms with Crippen LogP contribution in [0.4, 0.5) is 8.78 Å². The Morgan fingerprint density at radius 3 is 2.96 bits per heavy atom. The minimum Gasteiger partial charge on any atom is -0.312 e. The summed E-state index contributed by atoms with van der Waals surface area (Å²) in [6, 6.07) is 3.27. The van der Waals surface area contributed by atoms with Gasteiger partial charge in [-0.05, 0) is 43.1 Å². The van der Waals surface area contributed by atoms with Crippen LogP contribution in [0.5, 0.6) is 0 Å². The van der Waals surface area contributed by atoms with E-state index in [1.54, 1.807) is 6.92 Å². The highest BCUT2D eigenvalue weighted by Crippen LogP contribution is 2.30. The van der Waals surface area contributed by atoms with Crippen molar-refractivity contribution in [2.24, 2.45) is 0 Å². The first-order valence-corrected chi connectivity index (χ1v) is 8.55. The van der Waals surface area contributed by atoms with E-state index in [0.29, 0.717) is 10.9 Å². The van der Waals surface area contributed by atoms with Crippen LogP contribution in [-0.2, 0) is 13.0 Å². The van der Waals surface area contributed by atoms with Gasteiger partial charge in [0.15, 0.2) is 11.6 Å². The predicted octanol–water partition coefficient (Wildman–Crippen LogP) is 2.99. The van der Waals surface area contributed by atoms with Gasteiger partial charge in [-0.3, -0.25) is 9.36 Å². The van der Waals surface area contributed by atoms with Gasteiger partial charge in [0.2, 0.25) is 0 Å². The van der Waals surface area contributed by atoms with Crippen molar-refractivity contribution in [3.63, 3.8) is 0 Å². The fourth-order valence-corrected chi connectivity index (χ4v) is 4.28. The predicted molar refractivity (Wildman–Crippen MR) is 89.5 cm³/mol. The molecule has 0 saturated heterocycles. The van der Waals surface area contributed by atoms with Crippen LogP contribution in [0.25, 0.3) is 10.2 Å². The maximum Gasteiger partial charge on any atom is 0.262 e. The van der Waals surface area contributed by atoms with Gasteiger partial charge in [-0.1, -0.05) is 6.07 Å². The van der Waals surface area contributed by atoms with E-state index in [9.17, 15) is 13.6 Å². The summed E-state index contributed by atoms with van der Waals surface area (Å²) in [6.45, 7) is 3.38. The minimum absolute atomic E-state index is 0.128. The van der Waals surface area contributed by atoms with Crippen molar-refractivity contribution in [2.75, 3.05) is 6.54 Å². The van der Waals surface area contributed by atoms with Gasteiger partial charge in [-0.2, -0.15) is 0 Å². The first-order valence-electron chi connectivity index (χ1n) is 7.73. The smallest absolute Gasteiger partial charge is 0.262 e. The Morgan fingerprint density at radius 2 is 2.17 bits per heavy atom. The summed E-state index contributed by atoms with van der Waals surface area (Å²) in [4.78, 5) is 19.3. The van der Waals surface area contributed by atoms with Crippen LogP contribution in [0.1, 0.15) is 29.0 Å². The van der Waals surface area contributed by atoms with Crippen molar-refractivity contribution in [2.45, 2.75) is 25.9 Å². The van der Waals surface area contributed by atoms with Gasteiger partial charge in [0.1, 0.15) is 4.83 Å². The summed E-state index contributed by atoms with van der Waals surface area (Å²) in [7, 11) is 0.